The maximum Gasteiger partial charge on any atom is 0.182 e. The highest BCUT2D eigenvalue weighted by Gasteiger charge is 2.55. The second kappa shape index (κ2) is 12.3. The van der Waals surface area contributed by atoms with Crippen molar-refractivity contribution in [2.45, 2.75) is 5.41 Å². The molecule has 4 aliphatic rings. The van der Waals surface area contributed by atoms with Crippen LogP contribution in [-0.2, 0) is 5.41 Å². The summed E-state index contributed by atoms with van der Waals surface area (Å²) in [4.78, 5) is 2.62. The Morgan fingerprint density at radius 1 is 0.297 bits per heavy atom. The van der Waals surface area contributed by atoms with Crippen molar-refractivity contribution >= 4 is 67.7 Å². The van der Waals surface area contributed by atoms with Crippen LogP contribution in [0.15, 0.2) is 231 Å². The monoisotopic (exact) mass is 826 g/mol. The van der Waals surface area contributed by atoms with E-state index in [1.54, 1.807) is 0 Å². The molecule has 4 heterocycles. The second-order valence-electron chi connectivity index (χ2n) is 17.9. The van der Waals surface area contributed by atoms with Crippen molar-refractivity contribution < 1.29 is 0 Å². The Balaban J connectivity index is 1.09. The van der Waals surface area contributed by atoms with Gasteiger partial charge in [0.05, 0.1) is 27.8 Å². The van der Waals surface area contributed by atoms with Crippen LogP contribution in [0.1, 0.15) is 22.3 Å². The van der Waals surface area contributed by atoms with Gasteiger partial charge in [0.25, 0.3) is 0 Å². The molecule has 0 atom stereocenters. The number of rotatable bonds is 2. The molecule has 2 spiro atoms. The Morgan fingerprint density at radius 2 is 0.812 bits per heavy atom. The lowest BCUT2D eigenvalue weighted by Gasteiger charge is -2.45. The first kappa shape index (κ1) is 34.6. The first-order valence-corrected chi connectivity index (χ1v) is 24.4. The summed E-state index contributed by atoms with van der Waals surface area (Å²) in [6.45, 7) is 0. The van der Waals surface area contributed by atoms with E-state index in [2.05, 4.69) is 240 Å². The minimum atomic E-state index is -2.71. The first-order chi connectivity index (χ1) is 31.8. The molecule has 3 heteroatoms. The fraction of sp³-hybridized carbons (Fsp3) is 0.0164. The third-order valence-corrected chi connectivity index (χ3v) is 20.1. The molecule has 0 bridgehead atoms. The predicted octanol–water partition coefficient (Wildman–Crippen LogP) is 12.3. The zero-order valence-corrected chi connectivity index (χ0v) is 35.8. The average Bonchev–Trinajstić information content (AvgIpc) is 4.05. The van der Waals surface area contributed by atoms with Gasteiger partial charge in [0.15, 0.2) is 8.07 Å². The molecular formula is C61H38N2Si. The van der Waals surface area contributed by atoms with E-state index in [1.165, 1.54) is 115 Å². The number of hydrogen-bond donors (Lipinski definition) is 0. The smallest absolute Gasteiger partial charge is 0.182 e. The van der Waals surface area contributed by atoms with E-state index >= 15 is 0 Å². The van der Waals surface area contributed by atoms with Gasteiger partial charge in [-0.25, -0.2) is 0 Å². The van der Waals surface area contributed by atoms with Crippen LogP contribution in [0, 0.1) is 0 Å². The number of nitrogens with zero attached hydrogens (tertiary/aromatic N) is 2. The van der Waals surface area contributed by atoms with Crippen molar-refractivity contribution in [1.29, 1.82) is 0 Å². The summed E-state index contributed by atoms with van der Waals surface area (Å²) in [5.74, 6) is 0. The van der Waals surface area contributed by atoms with E-state index in [0.717, 1.165) is 5.69 Å². The van der Waals surface area contributed by atoms with Crippen LogP contribution in [0.5, 0.6) is 0 Å². The van der Waals surface area contributed by atoms with E-state index in [0.29, 0.717) is 0 Å². The van der Waals surface area contributed by atoms with Crippen LogP contribution >= 0.6 is 0 Å². The summed E-state index contributed by atoms with van der Waals surface area (Å²) in [6.07, 6.45) is 0. The lowest BCUT2D eigenvalue weighted by Crippen LogP contribution is -2.70. The quantitative estimate of drug-likeness (QED) is 0.158. The predicted molar refractivity (Wildman–Crippen MR) is 268 cm³/mol. The standard InChI is InChI=1S/C61H38N2Si/c1-2-18-39(19-3-1)62-53-29-13-6-22-43(53)48-37-52-56(38-55(48)62)63(54-30-14-12-28-51(54)61(52)49-26-10-4-20-41(49)42-21-5-11-27-50(42)61)40-34-35-47-46-25-9-17-33-59(46)64(60(47)36-40)57-31-15-7-23-44(57)45-24-8-16-32-58(45)64/h1-38H. The molecule has 0 radical (unpaired) electrons. The highest BCUT2D eigenvalue weighted by atomic mass is 28.3. The fourth-order valence-corrected chi connectivity index (χ4v) is 18.6. The third-order valence-electron chi connectivity index (χ3n) is 15.2. The summed E-state index contributed by atoms with van der Waals surface area (Å²) < 4.78 is 2.47. The maximum absolute atomic E-state index is 2.71. The van der Waals surface area contributed by atoms with Crippen molar-refractivity contribution in [2.75, 3.05) is 4.90 Å². The molecule has 0 fully saturated rings. The van der Waals surface area contributed by atoms with Crippen molar-refractivity contribution in [3.8, 4) is 39.1 Å². The van der Waals surface area contributed by atoms with Crippen LogP contribution in [0.2, 0.25) is 0 Å². The van der Waals surface area contributed by atoms with Crippen molar-refractivity contribution in [3.05, 3.63) is 253 Å². The van der Waals surface area contributed by atoms with Crippen molar-refractivity contribution in [2.24, 2.45) is 0 Å². The molecule has 0 N–H and O–H groups in total. The molecule has 296 valence electrons. The molecule has 10 aromatic carbocycles. The first-order valence-electron chi connectivity index (χ1n) is 22.4. The molecule has 0 saturated carbocycles. The van der Waals surface area contributed by atoms with Crippen LogP contribution in [-0.4, -0.2) is 12.6 Å². The van der Waals surface area contributed by atoms with Crippen LogP contribution in [0.4, 0.5) is 17.1 Å². The zero-order valence-electron chi connectivity index (χ0n) is 34.8. The van der Waals surface area contributed by atoms with Gasteiger partial charge in [-0.3, -0.25) is 0 Å². The molecule has 1 aromatic heterocycles. The molecular weight excluding hydrogens is 789 g/mol. The Kier molecular flexibility index (Phi) is 6.67. The topological polar surface area (TPSA) is 8.17 Å². The van der Waals surface area contributed by atoms with Gasteiger partial charge in [0, 0.05) is 22.1 Å². The summed E-state index contributed by atoms with van der Waals surface area (Å²) in [5, 5.41) is 8.46. The minimum Gasteiger partial charge on any atom is -0.310 e. The van der Waals surface area contributed by atoms with E-state index in [-0.39, 0.29) is 0 Å². The van der Waals surface area contributed by atoms with Crippen molar-refractivity contribution in [3.63, 3.8) is 0 Å². The number of fused-ring (bicyclic) bond motifs is 22. The van der Waals surface area contributed by atoms with Gasteiger partial charge < -0.3 is 9.47 Å². The fourth-order valence-electron chi connectivity index (χ4n) is 12.9. The normalized spacial score (nSPS) is 14.8. The number of aromatic nitrogens is 1. The number of anilines is 3. The molecule has 2 nitrogen and oxygen atoms in total. The largest absolute Gasteiger partial charge is 0.310 e. The minimum absolute atomic E-state index is 0.550. The Morgan fingerprint density at radius 3 is 1.47 bits per heavy atom. The van der Waals surface area contributed by atoms with E-state index in [1.807, 2.05) is 0 Å². The Hall–Kier alpha value is -7.98. The van der Waals surface area contributed by atoms with Gasteiger partial charge in [0.1, 0.15) is 0 Å². The molecule has 15 rings (SSSR count). The summed E-state index contributed by atoms with van der Waals surface area (Å²) >= 11 is 0. The van der Waals surface area contributed by atoms with Crippen LogP contribution in [0.3, 0.4) is 0 Å². The van der Waals surface area contributed by atoms with Gasteiger partial charge in [0.2, 0.25) is 0 Å². The van der Waals surface area contributed by atoms with Gasteiger partial charge >= 0.3 is 0 Å². The average molecular weight is 827 g/mol. The lowest BCUT2D eigenvalue weighted by atomic mass is 9.64. The van der Waals surface area contributed by atoms with Crippen LogP contribution in [0.25, 0.3) is 60.9 Å². The summed E-state index contributed by atoms with van der Waals surface area (Å²) in [5.41, 5.74) is 20.0. The van der Waals surface area contributed by atoms with Gasteiger partial charge in [-0.15, -0.1) is 0 Å². The van der Waals surface area contributed by atoms with Gasteiger partial charge in [-0.05, 0) is 125 Å². The van der Waals surface area contributed by atoms with Crippen LogP contribution < -0.4 is 25.6 Å². The van der Waals surface area contributed by atoms with E-state index in [4.69, 9.17) is 0 Å². The summed E-state index contributed by atoms with van der Waals surface area (Å²) in [6, 6.07) is 87.8. The van der Waals surface area contributed by atoms with E-state index in [9.17, 15) is 0 Å². The van der Waals surface area contributed by atoms with Crippen molar-refractivity contribution in [1.82, 2.24) is 4.57 Å². The Bertz CT molecular complexity index is 3710. The SMILES string of the molecule is c1ccc(-n2c3ccccc3c3cc4c(cc32)N(c2ccc3c(c2)[Si]2(c5ccccc5-c5ccccc52)c2ccccc2-3)c2ccccc2C42c3ccccc3-c3ccccc32)cc1. The highest BCUT2D eigenvalue weighted by Crippen LogP contribution is 2.64. The number of para-hydroxylation sites is 3. The van der Waals surface area contributed by atoms with Gasteiger partial charge in [-0.2, -0.15) is 0 Å². The second-order valence-corrected chi connectivity index (χ2v) is 21.5. The zero-order chi connectivity index (χ0) is 41.7. The molecule has 0 unspecified atom stereocenters. The molecule has 3 aliphatic heterocycles. The third kappa shape index (κ3) is 4.03. The maximum atomic E-state index is 2.62. The molecule has 0 amide bonds. The molecule has 1 aliphatic carbocycles. The number of hydrogen-bond acceptors (Lipinski definition) is 1. The van der Waals surface area contributed by atoms with E-state index < -0.39 is 13.5 Å². The molecule has 11 aromatic rings. The van der Waals surface area contributed by atoms with Gasteiger partial charge in [-0.1, -0.05) is 182 Å². The lowest BCUT2D eigenvalue weighted by molar-refractivity contribution is 0.754. The summed E-state index contributed by atoms with van der Waals surface area (Å²) in [7, 11) is -2.71. The molecule has 0 saturated heterocycles. The Labute approximate surface area is 372 Å². The molecule has 64 heavy (non-hydrogen) atoms. The number of benzene rings is 10. The highest BCUT2D eigenvalue weighted by molar-refractivity contribution is 7.24.